The maximum absolute atomic E-state index is 13.6. The molecular formula is C26H25FN2O2. The molecule has 1 heterocycles. The highest BCUT2D eigenvalue weighted by molar-refractivity contribution is 5.95. The molecule has 1 N–H and O–H groups in total. The van der Waals surface area contributed by atoms with E-state index in [4.69, 9.17) is 0 Å². The first-order valence-electron chi connectivity index (χ1n) is 10.4. The number of nitrogens with one attached hydrogen (secondary N) is 1. The highest BCUT2D eigenvalue weighted by atomic mass is 19.1. The average molecular weight is 416 g/mol. The molecule has 1 saturated heterocycles. The third kappa shape index (κ3) is 4.22. The molecule has 0 aliphatic carbocycles. The molecular weight excluding hydrogens is 391 g/mol. The molecule has 4 nitrogen and oxygen atoms in total. The van der Waals surface area contributed by atoms with E-state index in [0.717, 1.165) is 16.7 Å². The second-order valence-electron chi connectivity index (χ2n) is 8.05. The molecule has 158 valence electrons. The molecule has 0 spiro atoms. The van der Waals surface area contributed by atoms with Gasteiger partial charge in [-0.25, -0.2) is 4.39 Å². The second kappa shape index (κ2) is 8.72. The van der Waals surface area contributed by atoms with Crippen LogP contribution in [0.4, 0.5) is 4.39 Å². The van der Waals surface area contributed by atoms with E-state index in [0.29, 0.717) is 31.5 Å². The van der Waals surface area contributed by atoms with Gasteiger partial charge in [0.2, 0.25) is 5.91 Å². The van der Waals surface area contributed by atoms with Crippen LogP contribution in [-0.4, -0.2) is 36.9 Å². The summed E-state index contributed by atoms with van der Waals surface area (Å²) in [7, 11) is 1.63. The zero-order chi connectivity index (χ0) is 21.8. The molecule has 0 radical (unpaired) electrons. The van der Waals surface area contributed by atoms with E-state index < -0.39 is 11.2 Å². The molecule has 5 heteroatoms. The average Bonchev–Trinajstić information content (AvgIpc) is 3.24. The number of nitrogens with zero attached hydrogens (tertiary/aromatic N) is 1. The Balaban J connectivity index is 1.64. The number of hydrogen-bond donors (Lipinski definition) is 1. The van der Waals surface area contributed by atoms with Crippen LogP contribution < -0.4 is 5.32 Å². The highest BCUT2D eigenvalue weighted by Gasteiger charge is 2.46. The fourth-order valence-electron chi connectivity index (χ4n) is 4.46. The van der Waals surface area contributed by atoms with Crippen LogP contribution in [-0.2, 0) is 11.2 Å². The van der Waals surface area contributed by atoms with Crippen LogP contribution in [0.1, 0.15) is 22.3 Å². The summed E-state index contributed by atoms with van der Waals surface area (Å²) in [6.45, 7) is 0.751. The van der Waals surface area contributed by atoms with E-state index in [9.17, 15) is 14.0 Å². The summed E-state index contributed by atoms with van der Waals surface area (Å²) >= 11 is 0. The lowest BCUT2D eigenvalue weighted by molar-refractivity contribution is -0.129. The van der Waals surface area contributed by atoms with Crippen molar-refractivity contribution in [1.82, 2.24) is 10.2 Å². The first-order valence-corrected chi connectivity index (χ1v) is 10.4. The van der Waals surface area contributed by atoms with Crippen molar-refractivity contribution >= 4 is 11.8 Å². The molecule has 31 heavy (non-hydrogen) atoms. The molecule has 0 aromatic heterocycles. The Bertz CT molecular complexity index is 1100. The second-order valence-corrected chi connectivity index (χ2v) is 8.05. The molecule has 3 aromatic rings. The minimum absolute atomic E-state index is 0.0788. The number of halogens is 1. The number of benzene rings is 3. The molecule has 1 fully saturated rings. The van der Waals surface area contributed by atoms with Crippen LogP contribution in [0.5, 0.6) is 0 Å². The van der Waals surface area contributed by atoms with Crippen LogP contribution in [0.15, 0.2) is 78.9 Å². The third-order valence-electron chi connectivity index (χ3n) is 6.05. The molecule has 0 bridgehead atoms. The maximum atomic E-state index is 13.6. The Kier molecular flexibility index (Phi) is 5.85. The largest absolute Gasteiger partial charge is 0.359 e. The molecule has 1 aliphatic heterocycles. The normalized spacial score (nSPS) is 18.1. The van der Waals surface area contributed by atoms with Crippen LogP contribution in [0.3, 0.4) is 0 Å². The summed E-state index contributed by atoms with van der Waals surface area (Å²) in [5.41, 5.74) is 2.81. The first-order chi connectivity index (χ1) is 15.0. The lowest BCUT2D eigenvalue weighted by Crippen LogP contribution is -2.44. The van der Waals surface area contributed by atoms with Crippen molar-refractivity contribution in [1.29, 1.82) is 0 Å². The van der Waals surface area contributed by atoms with Gasteiger partial charge in [0, 0.05) is 25.7 Å². The van der Waals surface area contributed by atoms with Gasteiger partial charge in [0.25, 0.3) is 5.91 Å². The molecule has 1 aliphatic rings. The van der Waals surface area contributed by atoms with Crippen molar-refractivity contribution in [2.45, 2.75) is 12.8 Å². The monoisotopic (exact) mass is 416 g/mol. The van der Waals surface area contributed by atoms with Crippen molar-refractivity contribution in [3.05, 3.63) is 95.8 Å². The summed E-state index contributed by atoms with van der Waals surface area (Å²) in [5.74, 6) is -0.772. The Morgan fingerprint density at radius 1 is 1.00 bits per heavy atom. The van der Waals surface area contributed by atoms with Gasteiger partial charge >= 0.3 is 0 Å². The van der Waals surface area contributed by atoms with Gasteiger partial charge in [-0.15, -0.1) is 0 Å². The van der Waals surface area contributed by atoms with Crippen LogP contribution in [0.2, 0.25) is 0 Å². The van der Waals surface area contributed by atoms with Gasteiger partial charge < -0.3 is 10.2 Å². The van der Waals surface area contributed by atoms with Crippen LogP contribution in [0, 0.1) is 11.2 Å². The lowest BCUT2D eigenvalue weighted by atomic mass is 9.78. The number of carbonyl (C=O) groups excluding carboxylic acids is 2. The van der Waals surface area contributed by atoms with E-state index in [1.807, 2.05) is 36.4 Å². The fourth-order valence-corrected chi connectivity index (χ4v) is 4.46. The fraction of sp³-hybridized carbons (Fsp3) is 0.231. The minimum Gasteiger partial charge on any atom is -0.359 e. The van der Waals surface area contributed by atoms with Gasteiger partial charge in [0.15, 0.2) is 0 Å². The summed E-state index contributed by atoms with van der Waals surface area (Å²) in [6, 6.07) is 23.9. The van der Waals surface area contributed by atoms with Gasteiger partial charge in [0.1, 0.15) is 5.82 Å². The standard InChI is InChI=1S/C26H25FN2O2/c1-28-25(31)26(14-15-29(18-26)24(30)20-11-7-12-22(27)16-20)17-21-10-5-6-13-23(21)19-8-3-2-4-9-19/h2-13,16H,14-15,17-18H2,1H3,(H,28,31). The molecule has 1 unspecified atom stereocenters. The Hall–Kier alpha value is -3.47. The van der Waals surface area contributed by atoms with E-state index in [1.54, 1.807) is 18.0 Å². The maximum Gasteiger partial charge on any atom is 0.253 e. The number of carbonyl (C=O) groups is 2. The lowest BCUT2D eigenvalue weighted by Gasteiger charge is -2.28. The predicted octanol–water partition coefficient (Wildman–Crippen LogP) is 4.31. The third-order valence-corrected chi connectivity index (χ3v) is 6.05. The number of amides is 2. The molecule has 0 saturated carbocycles. The summed E-state index contributed by atoms with van der Waals surface area (Å²) < 4.78 is 13.6. The van der Waals surface area contributed by atoms with Gasteiger partial charge in [-0.05, 0) is 47.7 Å². The van der Waals surface area contributed by atoms with Gasteiger partial charge in [-0.1, -0.05) is 60.7 Å². The Morgan fingerprint density at radius 3 is 2.48 bits per heavy atom. The Morgan fingerprint density at radius 2 is 1.74 bits per heavy atom. The zero-order valence-corrected chi connectivity index (χ0v) is 17.5. The van der Waals surface area contributed by atoms with Crippen LogP contribution in [0.25, 0.3) is 11.1 Å². The van der Waals surface area contributed by atoms with Crippen molar-refractivity contribution in [3.63, 3.8) is 0 Å². The minimum atomic E-state index is -0.734. The van der Waals surface area contributed by atoms with E-state index in [2.05, 4.69) is 23.5 Å². The molecule has 2 amide bonds. The van der Waals surface area contributed by atoms with E-state index in [1.165, 1.54) is 18.2 Å². The Labute approximate surface area is 181 Å². The van der Waals surface area contributed by atoms with E-state index >= 15 is 0 Å². The summed E-state index contributed by atoms with van der Waals surface area (Å²) in [4.78, 5) is 27.7. The van der Waals surface area contributed by atoms with Gasteiger partial charge in [0.05, 0.1) is 5.41 Å². The number of likely N-dealkylation sites (tertiary alicyclic amines) is 1. The zero-order valence-electron chi connectivity index (χ0n) is 17.5. The van der Waals surface area contributed by atoms with E-state index in [-0.39, 0.29) is 11.8 Å². The SMILES string of the molecule is CNC(=O)C1(Cc2ccccc2-c2ccccc2)CCN(C(=O)c2cccc(F)c2)C1. The van der Waals surface area contributed by atoms with Gasteiger partial charge in [-0.3, -0.25) is 9.59 Å². The quantitative estimate of drug-likeness (QED) is 0.674. The smallest absolute Gasteiger partial charge is 0.253 e. The summed E-state index contributed by atoms with van der Waals surface area (Å²) in [5, 5.41) is 2.80. The predicted molar refractivity (Wildman–Crippen MR) is 119 cm³/mol. The van der Waals surface area contributed by atoms with Crippen molar-refractivity contribution in [2.75, 3.05) is 20.1 Å². The first kappa shape index (κ1) is 20.8. The van der Waals surface area contributed by atoms with Crippen molar-refractivity contribution in [3.8, 4) is 11.1 Å². The van der Waals surface area contributed by atoms with Crippen LogP contribution >= 0.6 is 0 Å². The number of rotatable bonds is 5. The molecule has 3 aromatic carbocycles. The summed E-state index contributed by atoms with van der Waals surface area (Å²) in [6.07, 6.45) is 1.07. The highest BCUT2D eigenvalue weighted by Crippen LogP contribution is 2.38. The van der Waals surface area contributed by atoms with Gasteiger partial charge in [-0.2, -0.15) is 0 Å². The van der Waals surface area contributed by atoms with Crippen molar-refractivity contribution in [2.24, 2.45) is 5.41 Å². The molecule has 1 atom stereocenters. The van der Waals surface area contributed by atoms with Crippen molar-refractivity contribution < 1.29 is 14.0 Å². The molecule has 4 rings (SSSR count). The topological polar surface area (TPSA) is 49.4 Å². The number of hydrogen-bond acceptors (Lipinski definition) is 2.